The van der Waals surface area contributed by atoms with Crippen LogP contribution in [-0.2, 0) is 0 Å². The van der Waals surface area contributed by atoms with E-state index < -0.39 is 0 Å². The average Bonchev–Trinajstić information content (AvgIpc) is 2.63. The van der Waals surface area contributed by atoms with Crippen LogP contribution in [-0.4, -0.2) is 17.8 Å². The van der Waals surface area contributed by atoms with Gasteiger partial charge < -0.3 is 16.2 Å². The zero-order chi connectivity index (χ0) is 11.5. The maximum absolute atomic E-state index is 9.43. The number of hydrogen-bond acceptors (Lipinski definition) is 3. The Hall–Kier alpha value is -0.740. The SMILES string of the molecule is Nc1ccc(NCC2CCC(O)C2)c(Br)c1. The molecule has 0 aliphatic heterocycles. The molecule has 0 spiro atoms. The Bertz CT molecular complexity index is 370. The second-order valence-electron chi connectivity index (χ2n) is 4.45. The van der Waals surface area contributed by atoms with Gasteiger partial charge in [-0.3, -0.25) is 0 Å². The highest BCUT2D eigenvalue weighted by Gasteiger charge is 2.22. The summed E-state index contributed by atoms with van der Waals surface area (Å²) in [6, 6.07) is 5.76. The van der Waals surface area contributed by atoms with Crippen molar-refractivity contribution >= 4 is 27.3 Å². The van der Waals surface area contributed by atoms with Gasteiger partial charge in [-0.15, -0.1) is 0 Å². The summed E-state index contributed by atoms with van der Waals surface area (Å²) >= 11 is 3.48. The molecule has 0 amide bonds. The molecule has 1 aliphatic carbocycles. The predicted octanol–water partition coefficient (Wildman–Crippen LogP) is 2.60. The van der Waals surface area contributed by atoms with Crippen molar-refractivity contribution in [2.75, 3.05) is 17.6 Å². The standard InChI is InChI=1S/C12H17BrN2O/c13-11-6-9(14)2-4-12(11)15-7-8-1-3-10(16)5-8/h2,4,6,8,10,15-16H,1,3,5,7,14H2. The zero-order valence-corrected chi connectivity index (χ0v) is 10.7. The fraction of sp³-hybridized carbons (Fsp3) is 0.500. The highest BCUT2D eigenvalue weighted by Crippen LogP contribution is 2.28. The van der Waals surface area contributed by atoms with Gasteiger partial charge in [0.05, 0.1) is 6.10 Å². The fourth-order valence-electron chi connectivity index (χ4n) is 2.16. The normalized spacial score (nSPS) is 24.6. The number of nitrogen functional groups attached to an aromatic ring is 1. The van der Waals surface area contributed by atoms with Crippen LogP contribution in [0.2, 0.25) is 0 Å². The van der Waals surface area contributed by atoms with Gasteiger partial charge in [-0.2, -0.15) is 0 Å². The zero-order valence-electron chi connectivity index (χ0n) is 9.12. The number of rotatable bonds is 3. The lowest BCUT2D eigenvalue weighted by Crippen LogP contribution is -2.12. The van der Waals surface area contributed by atoms with Crippen molar-refractivity contribution in [3.05, 3.63) is 22.7 Å². The molecule has 0 radical (unpaired) electrons. The highest BCUT2D eigenvalue weighted by atomic mass is 79.9. The Balaban J connectivity index is 1.89. The molecular weight excluding hydrogens is 268 g/mol. The molecule has 2 atom stereocenters. The lowest BCUT2D eigenvalue weighted by atomic mass is 10.1. The van der Waals surface area contributed by atoms with Crippen LogP contribution < -0.4 is 11.1 Å². The first kappa shape index (κ1) is 11.7. The summed E-state index contributed by atoms with van der Waals surface area (Å²) < 4.78 is 0.992. The highest BCUT2D eigenvalue weighted by molar-refractivity contribution is 9.10. The summed E-state index contributed by atoms with van der Waals surface area (Å²) in [6.45, 7) is 0.916. The number of aliphatic hydroxyl groups is 1. The van der Waals surface area contributed by atoms with Gasteiger partial charge >= 0.3 is 0 Å². The van der Waals surface area contributed by atoms with Gasteiger partial charge in [0.2, 0.25) is 0 Å². The van der Waals surface area contributed by atoms with Gasteiger partial charge in [0.15, 0.2) is 0 Å². The van der Waals surface area contributed by atoms with Gasteiger partial charge in [0, 0.05) is 22.4 Å². The predicted molar refractivity (Wildman–Crippen MR) is 70.4 cm³/mol. The molecular formula is C12H17BrN2O. The molecule has 2 unspecified atom stereocenters. The minimum absolute atomic E-state index is 0.0957. The van der Waals surface area contributed by atoms with E-state index in [4.69, 9.17) is 5.73 Å². The molecule has 0 bridgehead atoms. The van der Waals surface area contributed by atoms with E-state index in [0.717, 1.165) is 41.7 Å². The Labute approximate surface area is 104 Å². The van der Waals surface area contributed by atoms with Crippen LogP contribution in [0, 0.1) is 5.92 Å². The first-order valence-electron chi connectivity index (χ1n) is 5.62. The molecule has 1 fully saturated rings. The van der Waals surface area contributed by atoms with Crippen molar-refractivity contribution in [3.63, 3.8) is 0 Å². The van der Waals surface area contributed by atoms with E-state index in [0.29, 0.717) is 5.92 Å². The molecule has 88 valence electrons. The van der Waals surface area contributed by atoms with Crippen molar-refractivity contribution in [3.8, 4) is 0 Å². The van der Waals surface area contributed by atoms with Crippen molar-refractivity contribution < 1.29 is 5.11 Å². The smallest absolute Gasteiger partial charge is 0.0543 e. The second-order valence-corrected chi connectivity index (χ2v) is 5.31. The van der Waals surface area contributed by atoms with Crippen LogP contribution in [0.15, 0.2) is 22.7 Å². The summed E-state index contributed by atoms with van der Waals surface area (Å²) in [5, 5.41) is 12.8. The molecule has 1 aromatic carbocycles. The molecule has 1 saturated carbocycles. The summed E-state index contributed by atoms with van der Waals surface area (Å²) in [4.78, 5) is 0. The van der Waals surface area contributed by atoms with E-state index in [1.807, 2.05) is 18.2 Å². The van der Waals surface area contributed by atoms with Gasteiger partial charge in [-0.25, -0.2) is 0 Å². The molecule has 0 saturated heterocycles. The summed E-state index contributed by atoms with van der Waals surface area (Å²) in [5.41, 5.74) is 7.50. The lowest BCUT2D eigenvalue weighted by molar-refractivity contribution is 0.178. The Morgan fingerprint density at radius 1 is 1.44 bits per heavy atom. The minimum atomic E-state index is -0.0957. The Morgan fingerprint density at radius 3 is 2.88 bits per heavy atom. The summed E-state index contributed by atoms with van der Waals surface area (Å²) in [6.07, 6.45) is 2.87. The second kappa shape index (κ2) is 5.06. The number of halogens is 1. The molecule has 2 rings (SSSR count). The van der Waals surface area contributed by atoms with E-state index in [-0.39, 0.29) is 6.10 Å². The maximum Gasteiger partial charge on any atom is 0.0543 e. The van der Waals surface area contributed by atoms with Gasteiger partial charge in [-0.1, -0.05) is 0 Å². The van der Waals surface area contributed by atoms with E-state index in [2.05, 4.69) is 21.2 Å². The Morgan fingerprint density at radius 2 is 2.25 bits per heavy atom. The third-order valence-electron chi connectivity index (χ3n) is 3.09. The van der Waals surface area contributed by atoms with Crippen molar-refractivity contribution in [1.29, 1.82) is 0 Å². The quantitative estimate of drug-likeness (QED) is 0.748. The largest absolute Gasteiger partial charge is 0.399 e. The fourth-order valence-corrected chi connectivity index (χ4v) is 2.70. The summed E-state index contributed by atoms with van der Waals surface area (Å²) in [7, 11) is 0. The topological polar surface area (TPSA) is 58.3 Å². The number of benzene rings is 1. The van der Waals surface area contributed by atoms with Crippen molar-refractivity contribution in [2.24, 2.45) is 5.92 Å². The van der Waals surface area contributed by atoms with Crippen LogP contribution in [0.5, 0.6) is 0 Å². The molecule has 4 heteroatoms. The molecule has 0 aromatic heterocycles. The van der Waals surface area contributed by atoms with Crippen LogP contribution in [0.4, 0.5) is 11.4 Å². The molecule has 3 nitrogen and oxygen atoms in total. The van der Waals surface area contributed by atoms with E-state index in [1.54, 1.807) is 0 Å². The number of nitrogens with one attached hydrogen (secondary N) is 1. The Kier molecular flexibility index (Phi) is 3.71. The summed E-state index contributed by atoms with van der Waals surface area (Å²) in [5.74, 6) is 0.583. The van der Waals surface area contributed by atoms with E-state index in [9.17, 15) is 5.11 Å². The average molecular weight is 285 g/mol. The number of nitrogens with two attached hydrogens (primary N) is 1. The number of aliphatic hydroxyl groups excluding tert-OH is 1. The van der Waals surface area contributed by atoms with Gasteiger partial charge in [0.25, 0.3) is 0 Å². The van der Waals surface area contributed by atoms with Crippen LogP contribution >= 0.6 is 15.9 Å². The molecule has 4 N–H and O–H groups in total. The van der Waals surface area contributed by atoms with E-state index in [1.165, 1.54) is 0 Å². The third kappa shape index (κ3) is 2.89. The lowest BCUT2D eigenvalue weighted by Gasteiger charge is -2.13. The number of anilines is 2. The van der Waals surface area contributed by atoms with Crippen LogP contribution in [0.3, 0.4) is 0 Å². The third-order valence-corrected chi connectivity index (χ3v) is 3.74. The van der Waals surface area contributed by atoms with Crippen molar-refractivity contribution in [2.45, 2.75) is 25.4 Å². The van der Waals surface area contributed by atoms with Gasteiger partial charge in [0.1, 0.15) is 0 Å². The first-order chi connectivity index (χ1) is 7.65. The monoisotopic (exact) mass is 284 g/mol. The van der Waals surface area contributed by atoms with E-state index >= 15 is 0 Å². The van der Waals surface area contributed by atoms with Crippen molar-refractivity contribution in [1.82, 2.24) is 0 Å². The van der Waals surface area contributed by atoms with Crippen LogP contribution in [0.1, 0.15) is 19.3 Å². The molecule has 1 aromatic rings. The maximum atomic E-state index is 9.43. The molecule has 0 heterocycles. The van der Waals surface area contributed by atoms with Crippen LogP contribution in [0.25, 0.3) is 0 Å². The molecule has 1 aliphatic rings. The first-order valence-corrected chi connectivity index (χ1v) is 6.41. The van der Waals surface area contributed by atoms with Gasteiger partial charge in [-0.05, 0) is 59.3 Å². The number of hydrogen-bond donors (Lipinski definition) is 3. The molecule has 16 heavy (non-hydrogen) atoms. The minimum Gasteiger partial charge on any atom is -0.399 e.